The number of furan rings is 1. The summed E-state index contributed by atoms with van der Waals surface area (Å²) < 4.78 is 28.5. The normalized spacial score (nSPS) is 17.9. The highest BCUT2D eigenvalue weighted by Gasteiger charge is 2.46. The number of fused-ring (bicyclic) bond motifs is 1. The molecule has 1 amide bonds. The van der Waals surface area contributed by atoms with Crippen LogP contribution in [0.3, 0.4) is 0 Å². The topological polar surface area (TPSA) is 108 Å². The number of aliphatic hydroxyl groups is 1. The summed E-state index contributed by atoms with van der Waals surface area (Å²) in [5.41, 5.74) is 0.890. The standard InChI is InChI=1S/C30H31NO8/c1-3-5-12-37-22-10-8-19(16-24(22)35-4-2)27-26(29(33)30(34)31(27)18-21-7-6-13-36-21)28(32)20-9-11-23-25(17-20)39-15-14-38-23/h6-11,13,16-17,27,32H,3-5,12,14-15,18H2,1-2H3/b28-26-. The van der Waals surface area contributed by atoms with Gasteiger partial charge in [-0.3, -0.25) is 9.59 Å². The van der Waals surface area contributed by atoms with Gasteiger partial charge in [-0.05, 0) is 61.4 Å². The smallest absolute Gasteiger partial charge is 0.296 e. The number of hydrogen-bond acceptors (Lipinski definition) is 8. The largest absolute Gasteiger partial charge is 0.507 e. The van der Waals surface area contributed by atoms with Gasteiger partial charge in [-0.1, -0.05) is 19.4 Å². The van der Waals surface area contributed by atoms with Crippen LogP contribution in [0.25, 0.3) is 5.76 Å². The van der Waals surface area contributed by atoms with E-state index in [-0.39, 0.29) is 17.9 Å². The maximum absolute atomic E-state index is 13.4. The molecule has 39 heavy (non-hydrogen) atoms. The zero-order chi connectivity index (χ0) is 27.4. The summed E-state index contributed by atoms with van der Waals surface area (Å²) in [6.45, 7) is 5.73. The third-order valence-corrected chi connectivity index (χ3v) is 6.60. The lowest BCUT2D eigenvalue weighted by Crippen LogP contribution is -2.29. The van der Waals surface area contributed by atoms with Crippen molar-refractivity contribution >= 4 is 17.4 Å². The monoisotopic (exact) mass is 533 g/mol. The Labute approximate surface area is 226 Å². The summed E-state index contributed by atoms with van der Waals surface area (Å²) >= 11 is 0. The van der Waals surface area contributed by atoms with E-state index in [1.807, 2.05) is 6.92 Å². The first kappa shape index (κ1) is 26.2. The van der Waals surface area contributed by atoms with Gasteiger partial charge < -0.3 is 33.4 Å². The van der Waals surface area contributed by atoms with Crippen LogP contribution in [0.2, 0.25) is 0 Å². The molecule has 3 heterocycles. The Hall–Kier alpha value is -4.40. The zero-order valence-corrected chi connectivity index (χ0v) is 22.0. The van der Waals surface area contributed by atoms with E-state index >= 15 is 0 Å². The van der Waals surface area contributed by atoms with Crippen molar-refractivity contribution in [3.05, 3.63) is 77.3 Å². The summed E-state index contributed by atoms with van der Waals surface area (Å²) in [5, 5.41) is 11.5. The SMILES string of the molecule is CCCCOc1ccc(C2/C(=C(/O)c3ccc4c(c3)OCCO4)C(=O)C(=O)N2Cc2ccco2)cc1OCC. The quantitative estimate of drug-likeness (QED) is 0.163. The van der Waals surface area contributed by atoms with Crippen LogP contribution in [0, 0.1) is 0 Å². The molecule has 0 saturated carbocycles. The van der Waals surface area contributed by atoms with Crippen molar-refractivity contribution in [3.8, 4) is 23.0 Å². The van der Waals surface area contributed by atoms with E-state index < -0.39 is 17.7 Å². The number of rotatable bonds is 10. The number of likely N-dealkylation sites (tertiary alicyclic amines) is 1. The summed E-state index contributed by atoms with van der Waals surface area (Å²) in [5.74, 6) is 0.741. The molecule has 2 aliphatic rings. The third kappa shape index (κ3) is 5.30. The van der Waals surface area contributed by atoms with Crippen LogP contribution >= 0.6 is 0 Å². The van der Waals surface area contributed by atoms with Gasteiger partial charge in [-0.15, -0.1) is 0 Å². The van der Waals surface area contributed by atoms with Crippen LogP contribution in [0.1, 0.15) is 49.6 Å². The maximum Gasteiger partial charge on any atom is 0.296 e. The molecule has 1 N–H and O–H groups in total. The summed E-state index contributed by atoms with van der Waals surface area (Å²) in [4.78, 5) is 28.2. The number of ether oxygens (including phenoxy) is 4. The van der Waals surface area contributed by atoms with Gasteiger partial charge in [0.25, 0.3) is 11.7 Å². The molecule has 3 aromatic rings. The number of nitrogens with zero attached hydrogens (tertiary/aromatic N) is 1. The highest BCUT2D eigenvalue weighted by molar-refractivity contribution is 6.46. The first-order chi connectivity index (χ1) is 19.0. The van der Waals surface area contributed by atoms with Crippen LogP contribution in [0.15, 0.2) is 64.8 Å². The fourth-order valence-corrected chi connectivity index (χ4v) is 4.71. The van der Waals surface area contributed by atoms with E-state index in [9.17, 15) is 14.7 Å². The Balaban J connectivity index is 1.61. The lowest BCUT2D eigenvalue weighted by atomic mass is 9.94. The molecule has 0 bridgehead atoms. The first-order valence-corrected chi connectivity index (χ1v) is 13.1. The number of amides is 1. The second kappa shape index (κ2) is 11.6. The number of carbonyl (C=O) groups excluding carboxylic acids is 2. The van der Waals surface area contributed by atoms with Gasteiger partial charge in [0.05, 0.1) is 37.6 Å². The number of hydrogen-bond donors (Lipinski definition) is 1. The van der Waals surface area contributed by atoms with Crippen LogP contribution in [-0.2, 0) is 16.1 Å². The van der Waals surface area contributed by atoms with Crippen molar-refractivity contribution in [1.82, 2.24) is 4.90 Å². The molecule has 2 aliphatic heterocycles. The molecule has 9 heteroatoms. The van der Waals surface area contributed by atoms with Gasteiger partial charge in [-0.2, -0.15) is 0 Å². The second-order valence-electron chi connectivity index (χ2n) is 9.21. The lowest BCUT2D eigenvalue weighted by molar-refractivity contribution is -0.140. The Morgan fingerprint density at radius 3 is 2.56 bits per heavy atom. The molecule has 9 nitrogen and oxygen atoms in total. The molecule has 1 fully saturated rings. The Morgan fingerprint density at radius 1 is 1.00 bits per heavy atom. The van der Waals surface area contributed by atoms with Crippen LogP contribution in [-0.4, -0.2) is 48.1 Å². The molecule has 1 saturated heterocycles. The number of ketones is 1. The van der Waals surface area contributed by atoms with Crippen molar-refractivity contribution in [2.24, 2.45) is 0 Å². The van der Waals surface area contributed by atoms with Crippen LogP contribution in [0.4, 0.5) is 0 Å². The van der Waals surface area contributed by atoms with Gasteiger partial charge in [0.1, 0.15) is 24.7 Å². The van der Waals surface area contributed by atoms with Crippen molar-refractivity contribution in [2.75, 3.05) is 26.4 Å². The van der Waals surface area contributed by atoms with E-state index in [1.54, 1.807) is 48.5 Å². The predicted molar refractivity (Wildman–Crippen MR) is 142 cm³/mol. The Morgan fingerprint density at radius 2 is 1.82 bits per heavy atom. The molecule has 204 valence electrons. The lowest BCUT2D eigenvalue weighted by Gasteiger charge is -2.25. The minimum absolute atomic E-state index is 0.0367. The van der Waals surface area contributed by atoms with E-state index in [2.05, 4.69) is 6.92 Å². The van der Waals surface area contributed by atoms with Gasteiger partial charge in [0, 0.05) is 5.56 Å². The third-order valence-electron chi connectivity index (χ3n) is 6.60. The molecule has 0 radical (unpaired) electrons. The number of benzene rings is 2. The fraction of sp³-hybridized carbons (Fsp3) is 0.333. The van der Waals surface area contributed by atoms with Crippen LogP contribution < -0.4 is 18.9 Å². The van der Waals surface area contributed by atoms with Crippen molar-refractivity contribution in [3.63, 3.8) is 0 Å². The van der Waals surface area contributed by atoms with Gasteiger partial charge in [0.2, 0.25) is 0 Å². The molecular weight excluding hydrogens is 502 g/mol. The predicted octanol–water partition coefficient (Wildman–Crippen LogP) is 5.25. The molecule has 2 aromatic carbocycles. The van der Waals surface area contributed by atoms with E-state index in [0.717, 1.165) is 12.8 Å². The van der Waals surface area contributed by atoms with Crippen LogP contribution in [0.5, 0.6) is 23.0 Å². The molecule has 1 unspecified atom stereocenters. The van der Waals surface area contributed by atoms with Gasteiger partial charge in [-0.25, -0.2) is 0 Å². The first-order valence-electron chi connectivity index (χ1n) is 13.1. The minimum Gasteiger partial charge on any atom is -0.507 e. The zero-order valence-electron chi connectivity index (χ0n) is 22.0. The molecular formula is C30H31NO8. The highest BCUT2D eigenvalue weighted by Crippen LogP contribution is 2.43. The number of unbranched alkanes of at least 4 members (excludes halogenated alkanes) is 1. The Kier molecular flexibility index (Phi) is 7.76. The van der Waals surface area contributed by atoms with E-state index in [1.165, 1.54) is 11.2 Å². The Bertz CT molecular complexity index is 1380. The number of carbonyl (C=O) groups is 2. The minimum atomic E-state index is -0.896. The summed E-state index contributed by atoms with van der Waals surface area (Å²) in [7, 11) is 0. The second-order valence-corrected chi connectivity index (χ2v) is 9.21. The molecule has 1 aromatic heterocycles. The van der Waals surface area contributed by atoms with Gasteiger partial charge in [0.15, 0.2) is 23.0 Å². The van der Waals surface area contributed by atoms with Crippen molar-refractivity contribution in [1.29, 1.82) is 0 Å². The summed E-state index contributed by atoms with van der Waals surface area (Å²) in [6.07, 6.45) is 3.39. The fourth-order valence-electron chi connectivity index (χ4n) is 4.71. The molecule has 0 spiro atoms. The average Bonchev–Trinajstić information content (AvgIpc) is 3.56. The number of Topliss-reactive ketones (excluding diaryl/α,β-unsaturated/α-hetero) is 1. The van der Waals surface area contributed by atoms with Crippen molar-refractivity contribution < 1.29 is 38.1 Å². The molecule has 0 aliphatic carbocycles. The van der Waals surface area contributed by atoms with Crippen molar-refractivity contribution in [2.45, 2.75) is 39.3 Å². The van der Waals surface area contributed by atoms with E-state index in [4.69, 9.17) is 23.4 Å². The average molecular weight is 534 g/mol. The van der Waals surface area contributed by atoms with Gasteiger partial charge >= 0.3 is 0 Å². The summed E-state index contributed by atoms with van der Waals surface area (Å²) in [6, 6.07) is 12.8. The molecule has 1 atom stereocenters. The number of aliphatic hydroxyl groups excluding tert-OH is 1. The molecule has 5 rings (SSSR count). The highest BCUT2D eigenvalue weighted by atomic mass is 16.6. The van der Waals surface area contributed by atoms with E-state index in [0.29, 0.717) is 66.3 Å². The maximum atomic E-state index is 13.4.